The van der Waals surface area contributed by atoms with Crippen molar-refractivity contribution in [2.75, 3.05) is 17.6 Å². The first-order valence-electron chi connectivity index (χ1n) is 6.25. The summed E-state index contributed by atoms with van der Waals surface area (Å²) in [6, 6.07) is 0. The van der Waals surface area contributed by atoms with Crippen molar-refractivity contribution in [3.63, 3.8) is 0 Å². The third kappa shape index (κ3) is 2.87. The van der Waals surface area contributed by atoms with Crippen molar-refractivity contribution >= 4 is 11.5 Å². The second-order valence-corrected chi connectivity index (χ2v) is 4.18. The average molecular weight is 280 g/mol. The van der Waals surface area contributed by atoms with Crippen molar-refractivity contribution < 1.29 is 4.52 Å². The van der Waals surface area contributed by atoms with Crippen molar-refractivity contribution in [3.05, 3.63) is 33.1 Å². The number of hydrogen-bond acceptors (Lipinski definition) is 7. The average Bonchev–Trinajstić information content (AvgIpc) is 2.91. The summed E-state index contributed by atoms with van der Waals surface area (Å²) in [5.74, 6) is 0.584. The van der Waals surface area contributed by atoms with Gasteiger partial charge in [0, 0.05) is 19.5 Å². The molecule has 0 amide bonds. The Labute approximate surface area is 113 Å². The van der Waals surface area contributed by atoms with E-state index in [1.165, 1.54) is 10.9 Å². The number of nitrogen functional groups attached to an aromatic ring is 1. The van der Waals surface area contributed by atoms with E-state index in [-0.39, 0.29) is 11.5 Å². The summed E-state index contributed by atoms with van der Waals surface area (Å²) < 4.78 is 6.17. The van der Waals surface area contributed by atoms with E-state index in [1.807, 2.05) is 6.92 Å². The standard InChI is InChI=1S/C11H16N6O3/c1-2-5-17-9(12)8(10(18)16-11(17)19)13-4-3-7-14-6-15-20-7/h6,13H,2-5,12H2,1H3,(H,16,18,19). The number of nitrogens with zero attached hydrogens (tertiary/aromatic N) is 3. The number of hydrogen-bond donors (Lipinski definition) is 3. The summed E-state index contributed by atoms with van der Waals surface area (Å²) in [7, 11) is 0. The van der Waals surface area contributed by atoms with E-state index in [9.17, 15) is 9.59 Å². The smallest absolute Gasteiger partial charge is 0.330 e. The number of rotatable bonds is 6. The Morgan fingerprint density at radius 3 is 2.95 bits per heavy atom. The molecular formula is C11H16N6O3. The van der Waals surface area contributed by atoms with Crippen LogP contribution in [-0.2, 0) is 13.0 Å². The summed E-state index contributed by atoms with van der Waals surface area (Å²) in [5.41, 5.74) is 5.00. The minimum atomic E-state index is -0.537. The Balaban J connectivity index is 2.16. The quantitative estimate of drug-likeness (QED) is 0.653. The van der Waals surface area contributed by atoms with Gasteiger partial charge in [-0.05, 0) is 6.42 Å². The lowest BCUT2D eigenvalue weighted by atomic mass is 10.3. The number of nitrogens with two attached hydrogens (primary N) is 1. The predicted octanol–water partition coefficient (Wildman–Crippen LogP) is -0.434. The van der Waals surface area contributed by atoms with Crippen LogP contribution in [0.4, 0.5) is 11.5 Å². The zero-order valence-electron chi connectivity index (χ0n) is 11.0. The van der Waals surface area contributed by atoms with Crippen LogP contribution in [0.5, 0.6) is 0 Å². The maximum absolute atomic E-state index is 11.7. The van der Waals surface area contributed by atoms with Crippen LogP contribution in [0.25, 0.3) is 0 Å². The van der Waals surface area contributed by atoms with E-state index >= 15 is 0 Å². The van der Waals surface area contributed by atoms with E-state index in [0.717, 1.165) is 6.42 Å². The van der Waals surface area contributed by atoms with Gasteiger partial charge in [-0.15, -0.1) is 0 Å². The van der Waals surface area contributed by atoms with E-state index in [4.69, 9.17) is 10.3 Å². The van der Waals surface area contributed by atoms with Crippen molar-refractivity contribution in [2.45, 2.75) is 26.3 Å². The fraction of sp³-hybridized carbons (Fsp3) is 0.455. The number of aromatic amines is 1. The van der Waals surface area contributed by atoms with Gasteiger partial charge in [0.25, 0.3) is 5.56 Å². The molecule has 0 aliphatic heterocycles. The highest BCUT2D eigenvalue weighted by Gasteiger charge is 2.11. The van der Waals surface area contributed by atoms with Gasteiger partial charge in [0.2, 0.25) is 5.89 Å². The molecule has 0 atom stereocenters. The molecule has 108 valence electrons. The summed E-state index contributed by atoms with van der Waals surface area (Å²) >= 11 is 0. The lowest BCUT2D eigenvalue weighted by molar-refractivity contribution is 0.379. The first kappa shape index (κ1) is 13.8. The molecule has 0 fully saturated rings. The van der Waals surface area contributed by atoms with Gasteiger partial charge in [0.05, 0.1) is 0 Å². The SMILES string of the molecule is CCCn1c(N)c(NCCc2ncno2)c(=O)[nH]c1=O. The molecule has 4 N–H and O–H groups in total. The lowest BCUT2D eigenvalue weighted by Crippen LogP contribution is -2.34. The Kier molecular flexibility index (Phi) is 4.18. The zero-order chi connectivity index (χ0) is 14.5. The molecule has 0 radical (unpaired) electrons. The van der Waals surface area contributed by atoms with Gasteiger partial charge in [-0.25, -0.2) is 4.79 Å². The molecule has 0 unspecified atom stereocenters. The third-order valence-electron chi connectivity index (χ3n) is 2.73. The Hall–Kier alpha value is -2.58. The molecule has 20 heavy (non-hydrogen) atoms. The molecule has 2 aromatic heterocycles. The minimum absolute atomic E-state index is 0.131. The Morgan fingerprint density at radius 2 is 2.30 bits per heavy atom. The van der Waals surface area contributed by atoms with Gasteiger partial charge in [-0.1, -0.05) is 12.1 Å². The molecule has 0 spiro atoms. The van der Waals surface area contributed by atoms with E-state index < -0.39 is 11.2 Å². The normalized spacial score (nSPS) is 10.7. The minimum Gasteiger partial charge on any atom is -0.383 e. The van der Waals surface area contributed by atoms with Crippen LogP contribution >= 0.6 is 0 Å². The Bertz CT molecular complexity index is 672. The van der Waals surface area contributed by atoms with Crippen LogP contribution in [0.3, 0.4) is 0 Å². The number of aromatic nitrogens is 4. The van der Waals surface area contributed by atoms with Crippen LogP contribution in [0.2, 0.25) is 0 Å². The summed E-state index contributed by atoms with van der Waals surface area (Å²) in [5, 5.41) is 6.37. The molecule has 2 aromatic rings. The first-order chi connectivity index (χ1) is 9.63. The summed E-state index contributed by atoms with van der Waals surface area (Å²) in [4.78, 5) is 29.5. The summed E-state index contributed by atoms with van der Waals surface area (Å²) in [6.45, 7) is 2.75. The van der Waals surface area contributed by atoms with Crippen molar-refractivity contribution in [2.24, 2.45) is 0 Å². The fourth-order valence-corrected chi connectivity index (χ4v) is 1.80. The third-order valence-corrected chi connectivity index (χ3v) is 2.73. The first-order valence-corrected chi connectivity index (χ1v) is 6.25. The van der Waals surface area contributed by atoms with Crippen LogP contribution in [0.15, 0.2) is 20.4 Å². The fourth-order valence-electron chi connectivity index (χ4n) is 1.80. The molecule has 2 rings (SSSR count). The molecule has 0 aromatic carbocycles. The molecule has 9 heteroatoms. The number of H-pyrrole nitrogens is 1. The molecule has 0 saturated carbocycles. The van der Waals surface area contributed by atoms with Crippen molar-refractivity contribution in [3.8, 4) is 0 Å². The largest absolute Gasteiger partial charge is 0.383 e. The molecule has 9 nitrogen and oxygen atoms in total. The highest BCUT2D eigenvalue weighted by molar-refractivity contribution is 5.60. The monoisotopic (exact) mass is 280 g/mol. The maximum atomic E-state index is 11.7. The second kappa shape index (κ2) is 6.04. The predicted molar refractivity (Wildman–Crippen MR) is 72.5 cm³/mol. The van der Waals surface area contributed by atoms with E-state index in [0.29, 0.717) is 25.4 Å². The molecule has 0 bridgehead atoms. The lowest BCUT2D eigenvalue weighted by Gasteiger charge is -2.12. The van der Waals surface area contributed by atoms with Gasteiger partial charge >= 0.3 is 5.69 Å². The van der Waals surface area contributed by atoms with Crippen LogP contribution < -0.4 is 22.3 Å². The zero-order valence-corrected chi connectivity index (χ0v) is 11.0. The number of nitrogens with one attached hydrogen (secondary N) is 2. The van der Waals surface area contributed by atoms with E-state index in [1.54, 1.807) is 0 Å². The molecular weight excluding hydrogens is 264 g/mol. The van der Waals surface area contributed by atoms with Gasteiger partial charge in [-0.3, -0.25) is 14.3 Å². The topological polar surface area (TPSA) is 132 Å². The van der Waals surface area contributed by atoms with Crippen LogP contribution in [0, 0.1) is 0 Å². The van der Waals surface area contributed by atoms with E-state index in [2.05, 4.69) is 20.4 Å². The molecule has 0 aliphatic carbocycles. The van der Waals surface area contributed by atoms with Gasteiger partial charge < -0.3 is 15.6 Å². The highest BCUT2D eigenvalue weighted by Crippen LogP contribution is 2.10. The molecule has 0 aliphatic rings. The molecule has 2 heterocycles. The highest BCUT2D eigenvalue weighted by atomic mass is 16.5. The number of anilines is 2. The maximum Gasteiger partial charge on any atom is 0.330 e. The van der Waals surface area contributed by atoms with Gasteiger partial charge in [0.1, 0.15) is 11.5 Å². The van der Waals surface area contributed by atoms with Crippen molar-refractivity contribution in [1.29, 1.82) is 0 Å². The summed E-state index contributed by atoms with van der Waals surface area (Å²) in [6.07, 6.45) is 2.49. The van der Waals surface area contributed by atoms with Crippen LogP contribution in [0.1, 0.15) is 19.2 Å². The van der Waals surface area contributed by atoms with Gasteiger partial charge in [-0.2, -0.15) is 4.98 Å². The van der Waals surface area contributed by atoms with Crippen molar-refractivity contribution in [1.82, 2.24) is 19.7 Å². The Morgan fingerprint density at radius 1 is 1.50 bits per heavy atom. The second-order valence-electron chi connectivity index (χ2n) is 4.18. The van der Waals surface area contributed by atoms with Gasteiger partial charge in [0.15, 0.2) is 6.33 Å². The molecule has 0 saturated heterocycles. The van der Waals surface area contributed by atoms with Crippen LogP contribution in [-0.4, -0.2) is 26.2 Å².